The lowest BCUT2D eigenvalue weighted by Crippen LogP contribution is -2.63. The van der Waals surface area contributed by atoms with E-state index in [9.17, 15) is 24.3 Å². The maximum absolute atomic E-state index is 13.4. The average Bonchev–Trinajstić information content (AvgIpc) is 3.26. The van der Waals surface area contributed by atoms with Gasteiger partial charge in [0.05, 0.1) is 19.3 Å². The Balaban J connectivity index is 1.53. The largest absolute Gasteiger partial charge is 0.445 e. The summed E-state index contributed by atoms with van der Waals surface area (Å²) < 4.78 is 16.1. The number of ether oxygens (including phenoxy) is 3. The Labute approximate surface area is 224 Å². The summed E-state index contributed by atoms with van der Waals surface area (Å²) in [6.07, 6.45) is 1.13. The molecule has 2 N–H and O–H groups in total. The van der Waals surface area contributed by atoms with Crippen molar-refractivity contribution in [2.24, 2.45) is 34.0 Å². The fourth-order valence-electron chi connectivity index (χ4n) is 7.81. The second-order valence-electron chi connectivity index (χ2n) is 12.2. The first-order valence-corrected chi connectivity index (χ1v) is 13.7. The van der Waals surface area contributed by atoms with Gasteiger partial charge in [-0.15, -0.1) is 6.58 Å². The zero-order valence-corrected chi connectivity index (χ0v) is 23.0. The van der Waals surface area contributed by atoms with Crippen molar-refractivity contribution in [2.45, 2.75) is 72.0 Å². The first-order chi connectivity index (χ1) is 17.9. The third-order valence-corrected chi connectivity index (χ3v) is 10.4. The van der Waals surface area contributed by atoms with Crippen molar-refractivity contribution in [3.8, 4) is 0 Å². The molecule has 0 radical (unpaired) electrons. The number of rotatable bonds is 4. The number of hydrogen-bond donors (Lipinski definition) is 2. The third kappa shape index (κ3) is 4.74. The van der Waals surface area contributed by atoms with Crippen molar-refractivity contribution in [2.75, 3.05) is 32.9 Å². The van der Waals surface area contributed by atoms with Gasteiger partial charge in [-0.2, -0.15) is 0 Å². The summed E-state index contributed by atoms with van der Waals surface area (Å²) in [5, 5.41) is 13.6. The van der Waals surface area contributed by atoms with Crippen molar-refractivity contribution in [1.82, 2.24) is 10.2 Å². The van der Waals surface area contributed by atoms with Crippen LogP contribution in [0, 0.1) is 34.0 Å². The normalized spacial score (nSPS) is 40.8. The smallest absolute Gasteiger partial charge is 0.417 e. The predicted octanol–water partition coefficient (Wildman–Crippen LogP) is 3.07. The summed E-state index contributed by atoms with van der Waals surface area (Å²) in [6.45, 7) is 13.2. The van der Waals surface area contributed by atoms with Crippen molar-refractivity contribution in [3.05, 3.63) is 12.7 Å². The van der Waals surface area contributed by atoms with Crippen LogP contribution in [0.1, 0.15) is 59.8 Å². The van der Waals surface area contributed by atoms with E-state index in [1.54, 1.807) is 6.08 Å². The number of carbonyl (C=O) groups excluding carboxylic acids is 4. The fraction of sp³-hybridized carbons (Fsp3) is 0.786. The topological polar surface area (TPSA) is 131 Å². The van der Waals surface area contributed by atoms with E-state index in [0.29, 0.717) is 39.1 Å². The summed E-state index contributed by atoms with van der Waals surface area (Å²) >= 11 is 0. The number of Topliss-reactive ketones (excluding diaryl/α,β-unsaturated/α-hetero) is 1. The number of hydrogen-bond acceptors (Lipinski definition) is 8. The van der Waals surface area contributed by atoms with Gasteiger partial charge in [0.15, 0.2) is 6.61 Å². The van der Waals surface area contributed by atoms with Gasteiger partial charge < -0.3 is 24.2 Å². The van der Waals surface area contributed by atoms with E-state index >= 15 is 0 Å². The van der Waals surface area contributed by atoms with E-state index in [-0.39, 0.29) is 41.3 Å². The number of alkyl carbamates (subject to hydrolysis) is 2. The van der Waals surface area contributed by atoms with E-state index in [4.69, 9.17) is 14.2 Å². The molecule has 38 heavy (non-hydrogen) atoms. The van der Waals surface area contributed by atoms with E-state index in [1.807, 2.05) is 20.8 Å². The zero-order chi connectivity index (χ0) is 27.9. The quantitative estimate of drug-likeness (QED) is 0.526. The number of imide groups is 1. The van der Waals surface area contributed by atoms with Crippen molar-refractivity contribution >= 4 is 23.9 Å². The number of aliphatic hydroxyl groups excluding tert-OH is 1. The van der Waals surface area contributed by atoms with Crippen LogP contribution in [-0.2, 0) is 23.8 Å². The van der Waals surface area contributed by atoms with Crippen LogP contribution in [0.4, 0.5) is 9.59 Å². The molecular formula is C28H42N2O8. The van der Waals surface area contributed by atoms with Crippen molar-refractivity contribution in [3.63, 3.8) is 0 Å². The van der Waals surface area contributed by atoms with Gasteiger partial charge in [-0.1, -0.05) is 33.8 Å². The Morgan fingerprint density at radius 1 is 1.18 bits per heavy atom. The molecule has 0 aromatic rings. The predicted molar refractivity (Wildman–Crippen MR) is 137 cm³/mol. The average molecular weight is 535 g/mol. The molecule has 0 spiro atoms. The molecule has 1 heterocycles. The highest BCUT2D eigenvalue weighted by molar-refractivity contribution is 5.89. The molecule has 212 valence electrons. The zero-order valence-electron chi connectivity index (χ0n) is 23.0. The molecule has 0 aromatic heterocycles. The molecule has 1 saturated heterocycles. The molecule has 0 aromatic carbocycles. The van der Waals surface area contributed by atoms with Crippen LogP contribution >= 0.6 is 0 Å². The monoisotopic (exact) mass is 534 g/mol. The lowest BCUT2D eigenvalue weighted by atomic mass is 9.44. The number of morpholine rings is 1. The molecule has 1 aliphatic heterocycles. The minimum absolute atomic E-state index is 0.0649. The molecule has 3 saturated carbocycles. The van der Waals surface area contributed by atoms with Gasteiger partial charge in [0, 0.05) is 36.3 Å². The fourth-order valence-corrected chi connectivity index (χ4v) is 7.81. The number of nitrogens with one attached hydrogen (secondary N) is 1. The van der Waals surface area contributed by atoms with E-state index < -0.39 is 41.8 Å². The summed E-state index contributed by atoms with van der Waals surface area (Å²) in [4.78, 5) is 52.5. The number of nitrogens with zero attached hydrogens (tertiary/aromatic N) is 1. The Kier molecular flexibility index (Phi) is 7.96. The number of carbonyl (C=O) groups is 4. The second kappa shape index (κ2) is 10.6. The van der Waals surface area contributed by atoms with Crippen molar-refractivity contribution in [1.29, 1.82) is 0 Å². The molecule has 4 rings (SSSR count). The van der Waals surface area contributed by atoms with Crippen LogP contribution in [0.2, 0.25) is 0 Å². The lowest BCUT2D eigenvalue weighted by molar-refractivity contribution is -0.191. The molecule has 1 unspecified atom stereocenters. The molecular weight excluding hydrogens is 492 g/mol. The van der Waals surface area contributed by atoms with Crippen LogP contribution in [0.3, 0.4) is 0 Å². The van der Waals surface area contributed by atoms with Crippen LogP contribution in [0.25, 0.3) is 0 Å². The van der Waals surface area contributed by atoms with Gasteiger partial charge in [0.2, 0.25) is 0 Å². The SMILES string of the molecule is C=C[C@]1(C)C[C@@H](OC(=O)NC(=O)OCC(=O)N2CCOCC2)[C@@]2(C)C(C)CC[C@]3(CCC(=O)[C@H]32)[C@@H](C)[C@@H]1O. The molecule has 3 amide bonds. The molecule has 2 bridgehead atoms. The summed E-state index contributed by atoms with van der Waals surface area (Å²) in [5.41, 5.74) is -1.87. The highest BCUT2D eigenvalue weighted by Gasteiger charge is 2.68. The summed E-state index contributed by atoms with van der Waals surface area (Å²) in [6, 6.07) is 0. The van der Waals surface area contributed by atoms with Gasteiger partial charge in [0.25, 0.3) is 5.91 Å². The minimum Gasteiger partial charge on any atom is -0.445 e. The van der Waals surface area contributed by atoms with Crippen LogP contribution in [-0.4, -0.2) is 79.0 Å². The lowest BCUT2D eigenvalue weighted by Gasteiger charge is -2.61. The van der Waals surface area contributed by atoms with Crippen LogP contribution in [0.5, 0.6) is 0 Å². The molecule has 10 heteroatoms. The third-order valence-electron chi connectivity index (χ3n) is 10.4. The highest BCUT2D eigenvalue weighted by Crippen LogP contribution is 2.67. The standard InChI is InChI=1S/C28H42N2O8/c1-6-26(4)15-20(38-25(35)29-24(34)37-16-21(32)30-11-13-36-14-12-30)27(5)17(2)7-9-28(18(3)23(26)33)10-8-19(31)22(27)28/h6,17-18,20,22-23,33H,1,7-16H2,2-5H3,(H,29,34,35)/t17?,18-,20+,22-,23-,26+,27+,28-/m0/s1. The van der Waals surface area contributed by atoms with Crippen molar-refractivity contribution < 1.29 is 38.5 Å². The summed E-state index contributed by atoms with van der Waals surface area (Å²) in [5.74, 6) is -0.664. The van der Waals surface area contributed by atoms with Crippen LogP contribution in [0.15, 0.2) is 12.7 Å². The maximum atomic E-state index is 13.4. The second-order valence-corrected chi connectivity index (χ2v) is 12.2. The van der Waals surface area contributed by atoms with Crippen LogP contribution < -0.4 is 5.32 Å². The molecule has 3 aliphatic carbocycles. The first-order valence-electron chi connectivity index (χ1n) is 13.7. The highest BCUT2D eigenvalue weighted by atomic mass is 16.6. The van der Waals surface area contributed by atoms with Gasteiger partial charge in [-0.05, 0) is 42.9 Å². The number of aliphatic hydroxyl groups is 1. The van der Waals surface area contributed by atoms with E-state index in [1.165, 1.54) is 4.90 Å². The molecule has 4 fully saturated rings. The molecule has 10 nitrogen and oxygen atoms in total. The Hall–Kier alpha value is -2.46. The van der Waals surface area contributed by atoms with Gasteiger partial charge in [-0.3, -0.25) is 9.59 Å². The minimum atomic E-state index is -1.09. The maximum Gasteiger partial charge on any atom is 0.417 e. The first kappa shape index (κ1) is 28.5. The van der Waals surface area contributed by atoms with Gasteiger partial charge >= 0.3 is 12.2 Å². The number of ketones is 1. The Morgan fingerprint density at radius 3 is 2.53 bits per heavy atom. The molecule has 8 atom stereocenters. The van der Waals surface area contributed by atoms with E-state index in [0.717, 1.165) is 12.8 Å². The van der Waals surface area contributed by atoms with Gasteiger partial charge in [-0.25, -0.2) is 14.9 Å². The number of amides is 3. The Bertz CT molecular complexity index is 980. The Morgan fingerprint density at radius 2 is 1.87 bits per heavy atom. The van der Waals surface area contributed by atoms with Gasteiger partial charge in [0.1, 0.15) is 11.9 Å². The molecule has 4 aliphatic rings. The summed E-state index contributed by atoms with van der Waals surface area (Å²) in [7, 11) is 0. The van der Waals surface area contributed by atoms with E-state index in [2.05, 4.69) is 18.8 Å².